The Bertz CT molecular complexity index is 528. The molecular weight excluding hydrogens is 284 g/mol. The molecule has 3 N–H and O–H groups in total. The van der Waals surface area contributed by atoms with Gasteiger partial charge in [0, 0.05) is 36.1 Å². The summed E-state index contributed by atoms with van der Waals surface area (Å²) in [7, 11) is 0. The average molecular weight is 306 g/mol. The molecule has 1 aliphatic carbocycles. The number of fused-ring (bicyclic) bond motifs is 2. The molecule has 2 unspecified atom stereocenters. The molecule has 1 amide bonds. The molecule has 5 nitrogen and oxygen atoms in total. The van der Waals surface area contributed by atoms with Crippen molar-refractivity contribution >= 4 is 17.2 Å². The van der Waals surface area contributed by atoms with Gasteiger partial charge in [-0.3, -0.25) is 9.69 Å². The first-order valence-electron chi connectivity index (χ1n) is 7.95. The van der Waals surface area contributed by atoms with Gasteiger partial charge in [-0.2, -0.15) is 0 Å². The molecule has 3 aliphatic rings. The maximum atomic E-state index is 11.1. The summed E-state index contributed by atoms with van der Waals surface area (Å²) in [6.45, 7) is 0.755. The highest BCUT2D eigenvalue weighted by atomic mass is 32.1. The SMILES string of the molecule is NC(=O)c1csc(CNC2CC3CCC(C2)N3C2CC2)n1. The molecule has 2 saturated heterocycles. The molecule has 1 aromatic rings. The molecule has 3 fully saturated rings. The van der Waals surface area contributed by atoms with Crippen molar-refractivity contribution in [1.82, 2.24) is 15.2 Å². The van der Waals surface area contributed by atoms with Crippen LogP contribution in [0.15, 0.2) is 5.38 Å². The van der Waals surface area contributed by atoms with Crippen LogP contribution in [0.1, 0.15) is 54.0 Å². The highest BCUT2D eigenvalue weighted by Gasteiger charge is 2.46. The van der Waals surface area contributed by atoms with E-state index in [1.165, 1.54) is 49.9 Å². The third-order valence-electron chi connectivity index (χ3n) is 5.10. The first-order chi connectivity index (χ1) is 10.2. The van der Waals surface area contributed by atoms with Crippen molar-refractivity contribution in [1.29, 1.82) is 0 Å². The number of primary amides is 1. The monoisotopic (exact) mass is 306 g/mol. The van der Waals surface area contributed by atoms with Crippen LogP contribution in [0.5, 0.6) is 0 Å². The summed E-state index contributed by atoms with van der Waals surface area (Å²) < 4.78 is 0. The molecule has 0 spiro atoms. The van der Waals surface area contributed by atoms with E-state index >= 15 is 0 Å². The summed E-state index contributed by atoms with van der Waals surface area (Å²) in [6, 6.07) is 3.09. The zero-order chi connectivity index (χ0) is 14.4. The molecule has 6 heteroatoms. The zero-order valence-corrected chi connectivity index (χ0v) is 12.9. The number of nitrogens with zero attached hydrogens (tertiary/aromatic N) is 2. The second kappa shape index (κ2) is 5.34. The Morgan fingerprint density at radius 1 is 1.29 bits per heavy atom. The Balaban J connectivity index is 1.33. The predicted molar refractivity (Wildman–Crippen MR) is 82.2 cm³/mol. The van der Waals surface area contributed by atoms with Crippen LogP contribution in [-0.2, 0) is 6.54 Å². The average Bonchev–Trinajstić information content (AvgIpc) is 3.13. The fourth-order valence-electron chi connectivity index (χ4n) is 4.09. The molecule has 0 aromatic carbocycles. The number of thiazole rings is 1. The molecule has 0 radical (unpaired) electrons. The number of carbonyl (C=O) groups excluding carboxylic acids is 1. The van der Waals surface area contributed by atoms with E-state index in [1.807, 2.05) is 0 Å². The van der Waals surface area contributed by atoms with Gasteiger partial charge in [0.05, 0.1) is 0 Å². The van der Waals surface area contributed by atoms with Crippen LogP contribution < -0.4 is 11.1 Å². The number of nitrogens with one attached hydrogen (secondary N) is 1. The smallest absolute Gasteiger partial charge is 0.268 e. The Hall–Kier alpha value is -0.980. The molecule has 2 atom stereocenters. The van der Waals surface area contributed by atoms with Gasteiger partial charge in [-0.05, 0) is 38.5 Å². The van der Waals surface area contributed by atoms with Gasteiger partial charge in [-0.15, -0.1) is 11.3 Å². The zero-order valence-electron chi connectivity index (χ0n) is 12.1. The van der Waals surface area contributed by atoms with E-state index in [1.54, 1.807) is 5.38 Å². The van der Waals surface area contributed by atoms with E-state index in [0.29, 0.717) is 11.7 Å². The Labute approximate surface area is 128 Å². The minimum absolute atomic E-state index is 0.389. The topological polar surface area (TPSA) is 71.2 Å². The van der Waals surface area contributed by atoms with Crippen molar-refractivity contribution in [2.24, 2.45) is 5.73 Å². The molecule has 3 heterocycles. The van der Waals surface area contributed by atoms with Gasteiger partial charge in [0.25, 0.3) is 5.91 Å². The van der Waals surface area contributed by atoms with Gasteiger partial charge in [0.1, 0.15) is 10.7 Å². The first-order valence-corrected chi connectivity index (χ1v) is 8.83. The van der Waals surface area contributed by atoms with Crippen molar-refractivity contribution in [3.8, 4) is 0 Å². The summed E-state index contributed by atoms with van der Waals surface area (Å²) in [6.07, 6.45) is 8.12. The number of carbonyl (C=O) groups is 1. The quantitative estimate of drug-likeness (QED) is 0.864. The van der Waals surface area contributed by atoms with E-state index in [0.717, 1.165) is 29.7 Å². The van der Waals surface area contributed by atoms with Gasteiger partial charge in [-0.1, -0.05) is 0 Å². The van der Waals surface area contributed by atoms with E-state index < -0.39 is 5.91 Å². The normalized spacial score (nSPS) is 32.5. The molecule has 2 aliphatic heterocycles. The number of nitrogens with two attached hydrogens (primary N) is 1. The van der Waals surface area contributed by atoms with E-state index in [9.17, 15) is 4.79 Å². The van der Waals surface area contributed by atoms with Crippen LogP contribution in [0.2, 0.25) is 0 Å². The van der Waals surface area contributed by atoms with Crippen LogP contribution in [-0.4, -0.2) is 40.0 Å². The molecule has 1 aromatic heterocycles. The Kier molecular flexibility index (Phi) is 3.47. The number of amides is 1. The predicted octanol–water partition coefficient (Wildman–Crippen LogP) is 1.49. The fourth-order valence-corrected chi connectivity index (χ4v) is 4.82. The van der Waals surface area contributed by atoms with Gasteiger partial charge >= 0.3 is 0 Å². The standard InChI is InChI=1S/C15H22N4OS/c16-15(20)13-8-21-14(18-13)7-17-9-5-11-3-4-12(6-9)19(11)10-1-2-10/h8-12,17H,1-7H2,(H2,16,20). The van der Waals surface area contributed by atoms with Crippen LogP contribution in [0.3, 0.4) is 0 Å². The minimum Gasteiger partial charge on any atom is -0.364 e. The minimum atomic E-state index is -0.437. The Morgan fingerprint density at radius 2 is 1.95 bits per heavy atom. The molecule has 114 valence electrons. The lowest BCUT2D eigenvalue weighted by molar-refractivity contribution is 0.0996. The third kappa shape index (κ3) is 2.72. The van der Waals surface area contributed by atoms with E-state index in [2.05, 4.69) is 15.2 Å². The number of hydrogen-bond acceptors (Lipinski definition) is 5. The lowest BCUT2D eigenvalue weighted by Gasteiger charge is -2.39. The van der Waals surface area contributed by atoms with Crippen molar-refractivity contribution in [3.05, 3.63) is 16.1 Å². The van der Waals surface area contributed by atoms with Crippen LogP contribution in [0.4, 0.5) is 0 Å². The summed E-state index contributed by atoms with van der Waals surface area (Å²) in [4.78, 5) is 18.1. The maximum absolute atomic E-state index is 11.1. The Morgan fingerprint density at radius 3 is 2.52 bits per heavy atom. The molecule has 1 saturated carbocycles. The summed E-state index contributed by atoms with van der Waals surface area (Å²) >= 11 is 1.51. The van der Waals surface area contributed by atoms with Crippen molar-refractivity contribution in [2.45, 2.75) is 69.2 Å². The molecule has 2 bridgehead atoms. The molecular formula is C15H22N4OS. The first kappa shape index (κ1) is 13.7. The lowest BCUT2D eigenvalue weighted by Crippen LogP contribution is -2.49. The van der Waals surface area contributed by atoms with Gasteiger partial charge < -0.3 is 11.1 Å². The molecule has 21 heavy (non-hydrogen) atoms. The summed E-state index contributed by atoms with van der Waals surface area (Å²) in [5.74, 6) is -0.437. The fraction of sp³-hybridized carbons (Fsp3) is 0.733. The third-order valence-corrected chi connectivity index (χ3v) is 5.95. The maximum Gasteiger partial charge on any atom is 0.268 e. The highest BCUT2D eigenvalue weighted by molar-refractivity contribution is 7.09. The number of piperidine rings is 1. The van der Waals surface area contributed by atoms with Crippen molar-refractivity contribution in [3.63, 3.8) is 0 Å². The van der Waals surface area contributed by atoms with Gasteiger partial charge in [-0.25, -0.2) is 4.98 Å². The van der Waals surface area contributed by atoms with E-state index in [-0.39, 0.29) is 0 Å². The molecule has 4 rings (SSSR count). The van der Waals surface area contributed by atoms with Crippen molar-refractivity contribution < 1.29 is 4.79 Å². The lowest BCUT2D eigenvalue weighted by atomic mass is 9.97. The van der Waals surface area contributed by atoms with Crippen LogP contribution in [0, 0.1) is 0 Å². The van der Waals surface area contributed by atoms with Gasteiger partial charge in [0.15, 0.2) is 0 Å². The summed E-state index contributed by atoms with van der Waals surface area (Å²) in [5.41, 5.74) is 5.63. The van der Waals surface area contributed by atoms with Gasteiger partial charge in [0.2, 0.25) is 0 Å². The summed E-state index contributed by atoms with van der Waals surface area (Å²) in [5, 5.41) is 6.35. The number of aromatic nitrogens is 1. The second-order valence-electron chi connectivity index (χ2n) is 6.60. The number of rotatable bonds is 5. The largest absolute Gasteiger partial charge is 0.364 e. The second-order valence-corrected chi connectivity index (χ2v) is 7.55. The highest BCUT2D eigenvalue weighted by Crippen LogP contribution is 2.43. The van der Waals surface area contributed by atoms with Crippen molar-refractivity contribution in [2.75, 3.05) is 0 Å². The van der Waals surface area contributed by atoms with Crippen LogP contribution in [0.25, 0.3) is 0 Å². The van der Waals surface area contributed by atoms with E-state index in [4.69, 9.17) is 5.73 Å². The number of hydrogen-bond donors (Lipinski definition) is 2. The van der Waals surface area contributed by atoms with Crippen LogP contribution >= 0.6 is 11.3 Å².